The molecule has 2 rings (SSSR count). The van der Waals surface area contributed by atoms with E-state index >= 15 is 0 Å². The summed E-state index contributed by atoms with van der Waals surface area (Å²) < 4.78 is 0. The Labute approximate surface area is 119 Å². The molecule has 2 heterocycles. The highest BCUT2D eigenvalue weighted by molar-refractivity contribution is 6.28. The lowest BCUT2D eigenvalue weighted by atomic mass is 10.1. The van der Waals surface area contributed by atoms with Crippen molar-refractivity contribution in [2.75, 3.05) is 50.5 Å². The van der Waals surface area contributed by atoms with E-state index in [1.165, 1.54) is 32.4 Å². The molecule has 0 bridgehead atoms. The van der Waals surface area contributed by atoms with E-state index in [2.05, 4.69) is 25.2 Å². The predicted octanol–water partition coefficient (Wildman–Crippen LogP) is 1.49. The molecule has 6 nitrogen and oxygen atoms in total. The van der Waals surface area contributed by atoms with Gasteiger partial charge in [-0.1, -0.05) is 6.42 Å². The first-order valence-electron chi connectivity index (χ1n) is 6.70. The monoisotopic (exact) mass is 284 g/mol. The molecular formula is C12H21ClN6. The van der Waals surface area contributed by atoms with Gasteiger partial charge in [0.15, 0.2) is 0 Å². The maximum Gasteiger partial charge on any atom is 0.230 e. The lowest BCUT2D eigenvalue weighted by Gasteiger charge is -2.26. The lowest BCUT2D eigenvalue weighted by molar-refractivity contribution is 0.237. The maximum absolute atomic E-state index is 5.88. The van der Waals surface area contributed by atoms with Crippen molar-refractivity contribution >= 4 is 23.5 Å². The summed E-state index contributed by atoms with van der Waals surface area (Å²) in [5.41, 5.74) is 0. The van der Waals surface area contributed by atoms with Crippen molar-refractivity contribution in [3.8, 4) is 0 Å². The standard InChI is InChI=1S/C12H21ClN6/c1-18(2)12-16-10(13)15-11(17-12)14-6-9-19-7-4-3-5-8-19/h3-9H2,1-2H3,(H,14,15,16,17). The van der Waals surface area contributed by atoms with Gasteiger partial charge in [0, 0.05) is 27.2 Å². The molecule has 0 unspecified atom stereocenters. The smallest absolute Gasteiger partial charge is 0.230 e. The van der Waals surface area contributed by atoms with E-state index in [0.717, 1.165) is 13.1 Å². The number of likely N-dealkylation sites (tertiary alicyclic amines) is 1. The molecule has 1 aliphatic heterocycles. The van der Waals surface area contributed by atoms with Crippen LogP contribution in [0, 0.1) is 0 Å². The molecule has 0 amide bonds. The van der Waals surface area contributed by atoms with Crippen LogP contribution in [0.3, 0.4) is 0 Å². The number of halogens is 1. The SMILES string of the molecule is CN(C)c1nc(Cl)nc(NCCN2CCCCC2)n1. The number of hydrogen-bond acceptors (Lipinski definition) is 6. The summed E-state index contributed by atoms with van der Waals surface area (Å²) in [5.74, 6) is 1.11. The van der Waals surface area contributed by atoms with E-state index in [1.54, 1.807) is 0 Å². The summed E-state index contributed by atoms with van der Waals surface area (Å²) >= 11 is 5.88. The summed E-state index contributed by atoms with van der Waals surface area (Å²) in [6.07, 6.45) is 3.98. The minimum atomic E-state index is 0.221. The van der Waals surface area contributed by atoms with Crippen LogP contribution in [0.2, 0.25) is 5.28 Å². The molecule has 0 radical (unpaired) electrons. The highest BCUT2D eigenvalue weighted by Gasteiger charge is 2.10. The normalized spacial score (nSPS) is 16.4. The van der Waals surface area contributed by atoms with Crippen LogP contribution in [0.4, 0.5) is 11.9 Å². The van der Waals surface area contributed by atoms with Crippen molar-refractivity contribution in [2.24, 2.45) is 0 Å². The topological polar surface area (TPSA) is 57.2 Å². The summed E-state index contributed by atoms with van der Waals surface area (Å²) in [5, 5.41) is 3.43. The predicted molar refractivity (Wildman–Crippen MR) is 77.9 cm³/mol. The number of nitrogens with zero attached hydrogens (tertiary/aromatic N) is 5. The van der Waals surface area contributed by atoms with E-state index in [-0.39, 0.29) is 5.28 Å². The third-order valence-corrected chi connectivity index (χ3v) is 3.33. The Morgan fingerprint density at radius 3 is 2.58 bits per heavy atom. The highest BCUT2D eigenvalue weighted by Crippen LogP contribution is 2.12. The molecule has 1 fully saturated rings. The van der Waals surface area contributed by atoms with E-state index < -0.39 is 0 Å². The first-order chi connectivity index (χ1) is 9.15. The van der Waals surface area contributed by atoms with E-state index in [9.17, 15) is 0 Å². The Morgan fingerprint density at radius 2 is 1.89 bits per heavy atom. The molecule has 1 aromatic heterocycles. The van der Waals surface area contributed by atoms with Gasteiger partial charge in [0.25, 0.3) is 0 Å². The van der Waals surface area contributed by atoms with Crippen LogP contribution in [0.1, 0.15) is 19.3 Å². The molecule has 19 heavy (non-hydrogen) atoms. The summed E-state index contributed by atoms with van der Waals surface area (Å²) in [6.45, 7) is 4.24. The Hall–Kier alpha value is -1.14. The quantitative estimate of drug-likeness (QED) is 0.884. The second-order valence-corrected chi connectivity index (χ2v) is 5.29. The van der Waals surface area contributed by atoms with Crippen molar-refractivity contribution in [2.45, 2.75) is 19.3 Å². The van der Waals surface area contributed by atoms with Gasteiger partial charge in [-0.15, -0.1) is 0 Å². The maximum atomic E-state index is 5.88. The number of rotatable bonds is 5. The fourth-order valence-corrected chi connectivity index (χ4v) is 2.28. The molecular weight excluding hydrogens is 264 g/mol. The molecule has 1 aliphatic rings. The number of anilines is 2. The van der Waals surface area contributed by atoms with Crippen molar-refractivity contribution in [1.29, 1.82) is 0 Å². The van der Waals surface area contributed by atoms with Gasteiger partial charge in [-0.3, -0.25) is 0 Å². The molecule has 0 aromatic carbocycles. The summed E-state index contributed by atoms with van der Waals surface area (Å²) in [4.78, 5) is 16.7. The zero-order valence-corrected chi connectivity index (χ0v) is 12.3. The Morgan fingerprint density at radius 1 is 1.16 bits per heavy atom. The zero-order valence-electron chi connectivity index (χ0n) is 11.6. The number of hydrogen-bond donors (Lipinski definition) is 1. The molecule has 1 saturated heterocycles. The van der Waals surface area contributed by atoms with Crippen LogP contribution in [0.15, 0.2) is 0 Å². The molecule has 0 saturated carbocycles. The minimum Gasteiger partial charge on any atom is -0.353 e. The van der Waals surface area contributed by atoms with Crippen molar-refractivity contribution in [1.82, 2.24) is 19.9 Å². The first kappa shape index (κ1) is 14.3. The second-order valence-electron chi connectivity index (χ2n) is 4.95. The van der Waals surface area contributed by atoms with E-state index in [1.807, 2.05) is 19.0 Å². The largest absolute Gasteiger partial charge is 0.353 e. The molecule has 0 aliphatic carbocycles. The van der Waals surface area contributed by atoms with Gasteiger partial charge in [-0.25, -0.2) is 0 Å². The molecule has 1 aromatic rings. The summed E-state index contributed by atoms with van der Waals surface area (Å²) in [6, 6.07) is 0. The number of nitrogens with one attached hydrogen (secondary N) is 1. The fourth-order valence-electron chi connectivity index (χ4n) is 2.13. The molecule has 0 atom stereocenters. The average molecular weight is 285 g/mol. The molecule has 106 valence electrons. The van der Waals surface area contributed by atoms with Crippen LogP contribution >= 0.6 is 11.6 Å². The molecule has 0 spiro atoms. The molecule has 7 heteroatoms. The van der Waals surface area contributed by atoms with Crippen LogP contribution in [-0.4, -0.2) is 60.1 Å². The molecule has 1 N–H and O–H groups in total. The van der Waals surface area contributed by atoms with Gasteiger partial charge in [-0.2, -0.15) is 15.0 Å². The minimum absolute atomic E-state index is 0.221. The first-order valence-corrected chi connectivity index (χ1v) is 7.08. The average Bonchev–Trinajstić information content (AvgIpc) is 2.39. The Kier molecular flexibility index (Phi) is 5.15. The van der Waals surface area contributed by atoms with Gasteiger partial charge >= 0.3 is 0 Å². The zero-order chi connectivity index (χ0) is 13.7. The van der Waals surface area contributed by atoms with Gasteiger partial charge in [0.05, 0.1) is 0 Å². The second kappa shape index (κ2) is 6.86. The number of piperidine rings is 1. The van der Waals surface area contributed by atoms with Crippen LogP contribution in [-0.2, 0) is 0 Å². The van der Waals surface area contributed by atoms with Gasteiger partial charge in [0.2, 0.25) is 17.2 Å². The van der Waals surface area contributed by atoms with Crippen LogP contribution in [0.5, 0.6) is 0 Å². The van der Waals surface area contributed by atoms with Crippen LogP contribution < -0.4 is 10.2 Å². The lowest BCUT2D eigenvalue weighted by Crippen LogP contribution is -2.34. The van der Waals surface area contributed by atoms with Crippen molar-refractivity contribution in [3.05, 3.63) is 5.28 Å². The summed E-state index contributed by atoms with van der Waals surface area (Å²) in [7, 11) is 3.76. The van der Waals surface area contributed by atoms with Crippen molar-refractivity contribution < 1.29 is 0 Å². The fraction of sp³-hybridized carbons (Fsp3) is 0.750. The van der Waals surface area contributed by atoms with E-state index in [0.29, 0.717) is 11.9 Å². The van der Waals surface area contributed by atoms with E-state index in [4.69, 9.17) is 11.6 Å². The van der Waals surface area contributed by atoms with Gasteiger partial charge < -0.3 is 15.1 Å². The third-order valence-electron chi connectivity index (χ3n) is 3.16. The number of aromatic nitrogens is 3. The highest BCUT2D eigenvalue weighted by atomic mass is 35.5. The van der Waals surface area contributed by atoms with Crippen molar-refractivity contribution in [3.63, 3.8) is 0 Å². The van der Waals surface area contributed by atoms with Gasteiger partial charge in [0.1, 0.15) is 0 Å². The Bertz CT molecular complexity index is 405. The van der Waals surface area contributed by atoms with Gasteiger partial charge in [-0.05, 0) is 37.5 Å². The van der Waals surface area contributed by atoms with Crippen LogP contribution in [0.25, 0.3) is 0 Å². The Balaban J connectivity index is 1.84. The third kappa shape index (κ3) is 4.47.